The monoisotopic (exact) mass is 356 g/mol. The van der Waals surface area contributed by atoms with Crippen LogP contribution in [0.4, 0.5) is 0 Å². The standard InChI is InChI=1S/C18H29O5P/c1-14(17(19)22-15(2)12-21-6)13-24(20,18(3,4)5)23-16-10-8-7-9-11-16/h7-11,14-15H,12-13H2,1-6H3/t14-,15?,24?/m1/s1. The highest BCUT2D eigenvalue weighted by molar-refractivity contribution is 7.61. The van der Waals surface area contributed by atoms with Crippen LogP contribution in [0, 0.1) is 5.92 Å². The molecule has 0 spiro atoms. The van der Waals surface area contributed by atoms with E-state index in [-0.39, 0.29) is 18.2 Å². The molecule has 0 saturated heterocycles. The molecule has 0 aliphatic carbocycles. The minimum atomic E-state index is -3.13. The number of para-hydroxylation sites is 1. The van der Waals surface area contributed by atoms with Crippen LogP contribution in [0.1, 0.15) is 34.6 Å². The number of hydrogen-bond donors (Lipinski definition) is 0. The summed E-state index contributed by atoms with van der Waals surface area (Å²) >= 11 is 0. The molecule has 0 aliphatic heterocycles. The van der Waals surface area contributed by atoms with Crippen molar-refractivity contribution in [3.8, 4) is 5.75 Å². The molecule has 0 radical (unpaired) electrons. The molecule has 2 unspecified atom stereocenters. The second kappa shape index (κ2) is 8.68. The summed E-state index contributed by atoms with van der Waals surface area (Å²) in [5.41, 5.74) is 0. The van der Waals surface area contributed by atoms with Crippen LogP contribution in [-0.4, -0.2) is 37.1 Å². The van der Waals surface area contributed by atoms with Crippen LogP contribution < -0.4 is 4.52 Å². The Balaban J connectivity index is 2.86. The number of rotatable bonds is 8. The van der Waals surface area contributed by atoms with Gasteiger partial charge in [0.1, 0.15) is 11.9 Å². The third-order valence-corrected chi connectivity index (χ3v) is 7.23. The van der Waals surface area contributed by atoms with E-state index in [1.54, 1.807) is 33.1 Å². The summed E-state index contributed by atoms with van der Waals surface area (Å²) < 4.78 is 29.6. The molecule has 1 aromatic rings. The molecule has 0 saturated carbocycles. The van der Waals surface area contributed by atoms with Gasteiger partial charge in [0.15, 0.2) is 0 Å². The molecule has 5 nitrogen and oxygen atoms in total. The van der Waals surface area contributed by atoms with Crippen molar-refractivity contribution in [2.45, 2.75) is 45.9 Å². The predicted octanol–water partition coefficient (Wildman–Crippen LogP) is 4.36. The molecule has 0 N–H and O–H groups in total. The van der Waals surface area contributed by atoms with Crippen molar-refractivity contribution < 1.29 is 23.4 Å². The first-order chi connectivity index (χ1) is 11.1. The Hall–Kier alpha value is -1.32. The third kappa shape index (κ3) is 5.95. The Labute approximate surface area is 145 Å². The summed E-state index contributed by atoms with van der Waals surface area (Å²) in [7, 11) is -1.58. The van der Waals surface area contributed by atoms with Crippen molar-refractivity contribution in [3.63, 3.8) is 0 Å². The summed E-state index contributed by atoms with van der Waals surface area (Å²) in [4.78, 5) is 12.2. The van der Waals surface area contributed by atoms with Crippen LogP contribution in [-0.2, 0) is 18.8 Å². The Kier molecular flexibility index (Phi) is 7.50. The van der Waals surface area contributed by atoms with Gasteiger partial charge in [-0.25, -0.2) is 0 Å². The van der Waals surface area contributed by atoms with Gasteiger partial charge >= 0.3 is 5.97 Å². The SMILES string of the molecule is COCC(C)OC(=O)[C@H](C)CP(=O)(Oc1ccccc1)C(C)(C)C. The van der Waals surface area contributed by atoms with E-state index in [0.29, 0.717) is 12.4 Å². The zero-order chi connectivity index (χ0) is 18.4. The predicted molar refractivity (Wildman–Crippen MR) is 95.9 cm³/mol. The smallest absolute Gasteiger partial charge is 0.309 e. The van der Waals surface area contributed by atoms with Crippen LogP contribution in [0.25, 0.3) is 0 Å². The highest BCUT2D eigenvalue weighted by Gasteiger charge is 2.42. The van der Waals surface area contributed by atoms with Gasteiger partial charge in [-0.2, -0.15) is 0 Å². The molecule has 1 aromatic carbocycles. The topological polar surface area (TPSA) is 61.8 Å². The summed E-state index contributed by atoms with van der Waals surface area (Å²) in [5.74, 6) is -0.372. The average molecular weight is 356 g/mol. The lowest BCUT2D eigenvalue weighted by Gasteiger charge is -2.32. The minimum Gasteiger partial charge on any atom is -0.460 e. The quantitative estimate of drug-likeness (QED) is 0.512. The molecule has 0 bridgehead atoms. The average Bonchev–Trinajstić information content (AvgIpc) is 2.47. The molecule has 0 heterocycles. The fraction of sp³-hybridized carbons (Fsp3) is 0.611. The van der Waals surface area contributed by atoms with Gasteiger partial charge in [-0.05, 0) is 19.1 Å². The molecular weight excluding hydrogens is 327 g/mol. The molecule has 24 heavy (non-hydrogen) atoms. The van der Waals surface area contributed by atoms with Gasteiger partial charge in [-0.1, -0.05) is 45.9 Å². The lowest BCUT2D eigenvalue weighted by molar-refractivity contribution is -0.154. The molecule has 0 aliphatic rings. The first kappa shape index (κ1) is 20.7. The molecule has 0 amide bonds. The van der Waals surface area contributed by atoms with Gasteiger partial charge in [0.05, 0.1) is 12.5 Å². The van der Waals surface area contributed by atoms with Crippen molar-refractivity contribution in [2.75, 3.05) is 19.9 Å². The number of hydrogen-bond acceptors (Lipinski definition) is 5. The van der Waals surface area contributed by atoms with Gasteiger partial charge in [0, 0.05) is 18.4 Å². The fourth-order valence-electron chi connectivity index (χ4n) is 2.12. The van der Waals surface area contributed by atoms with Gasteiger partial charge < -0.3 is 14.0 Å². The van der Waals surface area contributed by atoms with Crippen LogP contribution in [0.5, 0.6) is 5.75 Å². The minimum absolute atomic E-state index is 0.129. The number of ether oxygens (including phenoxy) is 2. The molecule has 0 aromatic heterocycles. The zero-order valence-electron chi connectivity index (χ0n) is 15.4. The van der Waals surface area contributed by atoms with Gasteiger partial charge in [0.2, 0.25) is 0 Å². The summed E-state index contributed by atoms with van der Waals surface area (Å²) in [6.45, 7) is 9.40. The maximum absolute atomic E-state index is 13.5. The van der Waals surface area contributed by atoms with E-state index in [1.807, 2.05) is 39.0 Å². The summed E-state index contributed by atoms with van der Waals surface area (Å²) in [5, 5.41) is -0.588. The van der Waals surface area contributed by atoms with E-state index in [1.165, 1.54) is 0 Å². The van der Waals surface area contributed by atoms with E-state index in [9.17, 15) is 9.36 Å². The number of carbonyl (C=O) groups is 1. The zero-order valence-corrected chi connectivity index (χ0v) is 16.3. The maximum atomic E-state index is 13.5. The van der Waals surface area contributed by atoms with Crippen LogP contribution in [0.15, 0.2) is 30.3 Å². The van der Waals surface area contributed by atoms with E-state index in [0.717, 1.165) is 0 Å². The second-order valence-corrected chi connectivity index (χ2v) is 10.3. The van der Waals surface area contributed by atoms with Crippen molar-refractivity contribution >= 4 is 13.3 Å². The van der Waals surface area contributed by atoms with Gasteiger partial charge in [-0.15, -0.1) is 0 Å². The molecule has 0 fully saturated rings. The summed E-state index contributed by atoms with van der Waals surface area (Å²) in [6, 6.07) is 9.05. The second-order valence-electron chi connectivity index (χ2n) is 7.04. The summed E-state index contributed by atoms with van der Waals surface area (Å²) in [6.07, 6.45) is -0.210. The molecule has 3 atom stereocenters. The van der Waals surface area contributed by atoms with Gasteiger partial charge in [-0.3, -0.25) is 9.36 Å². The van der Waals surface area contributed by atoms with E-state index in [4.69, 9.17) is 14.0 Å². The normalized spacial score (nSPS) is 16.8. The van der Waals surface area contributed by atoms with Crippen molar-refractivity contribution in [2.24, 2.45) is 5.92 Å². The number of benzene rings is 1. The third-order valence-electron chi connectivity index (χ3n) is 3.65. The van der Waals surface area contributed by atoms with Crippen molar-refractivity contribution in [1.82, 2.24) is 0 Å². The van der Waals surface area contributed by atoms with Crippen LogP contribution in [0.3, 0.4) is 0 Å². The van der Waals surface area contributed by atoms with E-state index < -0.39 is 18.4 Å². The van der Waals surface area contributed by atoms with Crippen molar-refractivity contribution in [1.29, 1.82) is 0 Å². The fourth-order valence-corrected chi connectivity index (χ4v) is 4.35. The molecule has 1 rings (SSSR count). The van der Waals surface area contributed by atoms with Crippen molar-refractivity contribution in [3.05, 3.63) is 30.3 Å². The first-order valence-electron chi connectivity index (χ1n) is 8.12. The maximum Gasteiger partial charge on any atom is 0.309 e. The van der Waals surface area contributed by atoms with E-state index >= 15 is 0 Å². The Bertz CT molecular complexity index is 565. The highest BCUT2D eigenvalue weighted by atomic mass is 31.2. The highest BCUT2D eigenvalue weighted by Crippen LogP contribution is 2.59. The Morgan fingerprint density at radius 3 is 2.25 bits per heavy atom. The largest absolute Gasteiger partial charge is 0.460 e. The number of carbonyl (C=O) groups excluding carboxylic acids is 1. The van der Waals surface area contributed by atoms with Gasteiger partial charge in [0.25, 0.3) is 7.37 Å². The number of methoxy groups -OCH3 is 1. The molecular formula is C18H29O5P. The lowest BCUT2D eigenvalue weighted by atomic mass is 10.2. The lowest BCUT2D eigenvalue weighted by Crippen LogP contribution is -2.29. The Morgan fingerprint density at radius 2 is 1.75 bits per heavy atom. The molecule has 6 heteroatoms. The van der Waals surface area contributed by atoms with Crippen LogP contribution in [0.2, 0.25) is 0 Å². The Morgan fingerprint density at radius 1 is 1.17 bits per heavy atom. The molecule has 136 valence electrons. The van der Waals surface area contributed by atoms with E-state index in [2.05, 4.69) is 0 Å². The first-order valence-corrected chi connectivity index (χ1v) is 9.93. The number of esters is 1. The van der Waals surface area contributed by atoms with Crippen LogP contribution >= 0.6 is 7.37 Å².